The summed E-state index contributed by atoms with van der Waals surface area (Å²) in [6, 6.07) is 0.670. The van der Waals surface area contributed by atoms with Crippen LogP contribution in [0.4, 0.5) is 0 Å². The molecule has 17 heavy (non-hydrogen) atoms. The average Bonchev–Trinajstić information content (AvgIpc) is 3.15. The largest absolute Gasteiger partial charge is 0.383 e. The quantitative estimate of drug-likeness (QED) is 0.590. The predicted molar refractivity (Wildman–Crippen MR) is 73.3 cm³/mol. The zero-order valence-electron chi connectivity index (χ0n) is 11.7. The van der Waals surface area contributed by atoms with Crippen LogP contribution in [0.5, 0.6) is 0 Å². The summed E-state index contributed by atoms with van der Waals surface area (Å²) in [5.41, 5.74) is 1.27. The van der Waals surface area contributed by atoms with Gasteiger partial charge in [-0.1, -0.05) is 13.5 Å². The second kappa shape index (κ2) is 7.85. The highest BCUT2D eigenvalue weighted by Gasteiger charge is 2.31. The molecule has 0 spiro atoms. The average molecular weight is 240 g/mol. The van der Waals surface area contributed by atoms with E-state index >= 15 is 0 Å². The molecule has 1 atom stereocenters. The van der Waals surface area contributed by atoms with Crippen molar-refractivity contribution >= 4 is 0 Å². The zero-order chi connectivity index (χ0) is 12.7. The van der Waals surface area contributed by atoms with Gasteiger partial charge in [0.15, 0.2) is 0 Å². The molecule has 1 N–H and O–H groups in total. The third-order valence-corrected chi connectivity index (χ3v) is 3.51. The van der Waals surface area contributed by atoms with E-state index in [-0.39, 0.29) is 0 Å². The Labute approximate surface area is 106 Å². The maximum Gasteiger partial charge on any atom is 0.0589 e. The van der Waals surface area contributed by atoms with Crippen molar-refractivity contribution in [1.82, 2.24) is 10.2 Å². The van der Waals surface area contributed by atoms with E-state index in [9.17, 15) is 0 Å². The van der Waals surface area contributed by atoms with Crippen molar-refractivity contribution in [2.24, 2.45) is 5.92 Å². The predicted octanol–water partition coefficient (Wildman–Crippen LogP) is 1.90. The van der Waals surface area contributed by atoms with Crippen molar-refractivity contribution in [2.75, 3.05) is 39.9 Å². The summed E-state index contributed by atoms with van der Waals surface area (Å²) in [5.74, 6) is 0.902. The van der Waals surface area contributed by atoms with Gasteiger partial charge < -0.3 is 10.1 Å². The fourth-order valence-electron chi connectivity index (χ4n) is 2.16. The molecule has 1 aliphatic carbocycles. The van der Waals surface area contributed by atoms with Gasteiger partial charge in [-0.15, -0.1) is 0 Å². The smallest absolute Gasteiger partial charge is 0.0589 e. The van der Waals surface area contributed by atoms with E-state index in [1.54, 1.807) is 7.11 Å². The van der Waals surface area contributed by atoms with Gasteiger partial charge in [-0.05, 0) is 37.8 Å². The van der Waals surface area contributed by atoms with E-state index in [0.29, 0.717) is 6.04 Å². The lowest BCUT2D eigenvalue weighted by Gasteiger charge is -2.29. The topological polar surface area (TPSA) is 24.5 Å². The Balaban J connectivity index is 2.35. The number of ether oxygens (including phenoxy) is 1. The summed E-state index contributed by atoms with van der Waals surface area (Å²) < 4.78 is 5.20. The van der Waals surface area contributed by atoms with Crippen LogP contribution in [0.25, 0.3) is 0 Å². The first-order chi connectivity index (χ1) is 8.19. The molecule has 1 unspecified atom stereocenters. The first kappa shape index (κ1) is 14.7. The number of likely N-dealkylation sites (N-methyl/N-ethyl adjacent to an activating group) is 1. The Bertz CT molecular complexity index is 226. The molecular weight excluding hydrogens is 212 g/mol. The Kier molecular flexibility index (Phi) is 6.78. The van der Waals surface area contributed by atoms with Crippen molar-refractivity contribution in [1.29, 1.82) is 0 Å². The van der Waals surface area contributed by atoms with Crippen LogP contribution >= 0.6 is 0 Å². The van der Waals surface area contributed by atoms with Crippen molar-refractivity contribution in [3.05, 3.63) is 12.2 Å². The highest BCUT2D eigenvalue weighted by molar-refractivity contribution is 5.01. The van der Waals surface area contributed by atoms with Gasteiger partial charge in [0.1, 0.15) is 0 Å². The Morgan fingerprint density at radius 3 is 2.76 bits per heavy atom. The lowest BCUT2D eigenvalue weighted by molar-refractivity contribution is 0.124. The molecule has 0 saturated heterocycles. The minimum Gasteiger partial charge on any atom is -0.383 e. The highest BCUT2D eigenvalue weighted by Crippen LogP contribution is 2.35. The van der Waals surface area contributed by atoms with Gasteiger partial charge >= 0.3 is 0 Å². The number of rotatable bonds is 10. The maximum atomic E-state index is 5.20. The van der Waals surface area contributed by atoms with Gasteiger partial charge in [0.2, 0.25) is 0 Å². The van der Waals surface area contributed by atoms with Crippen LogP contribution in [0.15, 0.2) is 12.2 Å². The summed E-state index contributed by atoms with van der Waals surface area (Å²) in [7, 11) is 1.77. The van der Waals surface area contributed by atoms with E-state index in [1.165, 1.54) is 18.4 Å². The third kappa shape index (κ3) is 5.66. The van der Waals surface area contributed by atoms with Gasteiger partial charge in [-0.25, -0.2) is 0 Å². The summed E-state index contributed by atoms with van der Waals surface area (Å²) in [6.07, 6.45) is 2.79. The molecule has 0 bridgehead atoms. The molecule has 0 aromatic heterocycles. The molecule has 0 aliphatic heterocycles. The second-order valence-corrected chi connectivity index (χ2v) is 5.07. The summed E-state index contributed by atoms with van der Waals surface area (Å²) >= 11 is 0. The molecule has 1 aliphatic rings. The molecule has 3 heteroatoms. The monoisotopic (exact) mass is 240 g/mol. The van der Waals surface area contributed by atoms with Gasteiger partial charge in [-0.3, -0.25) is 4.90 Å². The highest BCUT2D eigenvalue weighted by atomic mass is 16.5. The van der Waals surface area contributed by atoms with Crippen LogP contribution in [0, 0.1) is 5.92 Å². The third-order valence-electron chi connectivity index (χ3n) is 3.51. The number of nitrogens with one attached hydrogen (secondary N) is 1. The molecule has 1 rings (SSSR count). The van der Waals surface area contributed by atoms with Gasteiger partial charge in [0.25, 0.3) is 0 Å². The van der Waals surface area contributed by atoms with Crippen LogP contribution in [-0.4, -0.2) is 50.8 Å². The number of hydrogen-bond acceptors (Lipinski definition) is 3. The minimum atomic E-state index is 0.670. The maximum absolute atomic E-state index is 5.20. The van der Waals surface area contributed by atoms with Crippen LogP contribution in [0.2, 0.25) is 0 Å². The summed E-state index contributed by atoms with van der Waals surface area (Å²) in [4.78, 5) is 2.51. The van der Waals surface area contributed by atoms with Gasteiger partial charge in [0, 0.05) is 32.8 Å². The molecule has 0 aromatic rings. The normalized spacial score (nSPS) is 17.4. The molecule has 0 amide bonds. The summed E-state index contributed by atoms with van der Waals surface area (Å²) in [6.45, 7) is 13.4. The lowest BCUT2D eigenvalue weighted by Crippen LogP contribution is -2.39. The Hall–Kier alpha value is -0.380. The minimum absolute atomic E-state index is 0.670. The van der Waals surface area contributed by atoms with Crippen LogP contribution in [0.1, 0.15) is 26.7 Å². The van der Waals surface area contributed by atoms with Crippen molar-refractivity contribution in [3.63, 3.8) is 0 Å². The van der Waals surface area contributed by atoms with E-state index < -0.39 is 0 Å². The molecule has 3 nitrogen and oxygen atoms in total. The van der Waals surface area contributed by atoms with Crippen LogP contribution in [0.3, 0.4) is 0 Å². The molecule has 100 valence electrons. The standard InChI is InChI=1S/C14H28N2O/c1-5-15-10-12(2)11-16(8-9-17-4)13(3)14-6-7-14/h13-15H,2,5-11H2,1,3-4H3. The number of methoxy groups -OCH3 is 1. The van der Waals surface area contributed by atoms with E-state index in [1.807, 2.05) is 0 Å². The first-order valence-electron chi connectivity index (χ1n) is 6.79. The Morgan fingerprint density at radius 1 is 1.53 bits per heavy atom. The lowest BCUT2D eigenvalue weighted by atomic mass is 10.1. The van der Waals surface area contributed by atoms with E-state index in [4.69, 9.17) is 4.74 Å². The molecule has 0 aromatic carbocycles. The summed E-state index contributed by atoms with van der Waals surface area (Å²) in [5, 5.41) is 3.34. The molecule has 0 radical (unpaired) electrons. The van der Waals surface area contributed by atoms with Crippen molar-refractivity contribution in [2.45, 2.75) is 32.7 Å². The number of hydrogen-bond donors (Lipinski definition) is 1. The second-order valence-electron chi connectivity index (χ2n) is 5.07. The number of nitrogens with zero attached hydrogens (tertiary/aromatic N) is 1. The van der Waals surface area contributed by atoms with Crippen LogP contribution < -0.4 is 5.32 Å². The molecule has 1 saturated carbocycles. The van der Waals surface area contributed by atoms with Crippen LogP contribution in [-0.2, 0) is 4.74 Å². The van der Waals surface area contributed by atoms with Crippen molar-refractivity contribution in [3.8, 4) is 0 Å². The fraction of sp³-hybridized carbons (Fsp3) is 0.857. The van der Waals surface area contributed by atoms with E-state index in [2.05, 4.69) is 30.6 Å². The molecule has 0 heterocycles. The van der Waals surface area contributed by atoms with Gasteiger partial charge in [0.05, 0.1) is 6.61 Å². The van der Waals surface area contributed by atoms with Crippen molar-refractivity contribution < 1.29 is 4.74 Å². The zero-order valence-corrected chi connectivity index (χ0v) is 11.7. The van der Waals surface area contributed by atoms with Gasteiger partial charge in [-0.2, -0.15) is 0 Å². The van der Waals surface area contributed by atoms with E-state index in [0.717, 1.165) is 38.7 Å². The fourth-order valence-corrected chi connectivity index (χ4v) is 2.16. The Morgan fingerprint density at radius 2 is 2.24 bits per heavy atom. The molecular formula is C14H28N2O. The SMILES string of the molecule is C=C(CNCC)CN(CCOC)C(C)C1CC1. The first-order valence-corrected chi connectivity index (χ1v) is 6.79. The molecule has 1 fully saturated rings.